The SMILES string of the molecule is CCC(C)c1ccc(N2CN(c3ccccc3)N=C(c3ccccc3)N2)cc1. The number of nitrogens with zero attached hydrogens (tertiary/aromatic N) is 3. The Hall–Kier alpha value is -3.27. The first-order valence-corrected chi connectivity index (χ1v) is 9.85. The van der Waals surface area contributed by atoms with Gasteiger partial charge in [-0.2, -0.15) is 5.10 Å². The van der Waals surface area contributed by atoms with Gasteiger partial charge in [-0.25, -0.2) is 5.01 Å². The summed E-state index contributed by atoms with van der Waals surface area (Å²) in [4.78, 5) is 0. The van der Waals surface area contributed by atoms with Crippen molar-refractivity contribution >= 4 is 17.2 Å². The van der Waals surface area contributed by atoms with Crippen LogP contribution < -0.4 is 15.4 Å². The molecule has 0 saturated heterocycles. The quantitative estimate of drug-likeness (QED) is 0.657. The zero-order valence-corrected chi connectivity index (χ0v) is 16.4. The molecule has 0 radical (unpaired) electrons. The smallest absolute Gasteiger partial charge is 0.172 e. The molecule has 1 unspecified atom stereocenters. The summed E-state index contributed by atoms with van der Waals surface area (Å²) in [5, 5.41) is 9.03. The number of para-hydroxylation sites is 1. The summed E-state index contributed by atoms with van der Waals surface area (Å²) in [5.41, 5.74) is 8.11. The molecule has 1 N–H and O–H groups in total. The molecule has 0 bridgehead atoms. The third kappa shape index (κ3) is 3.86. The molecule has 0 fully saturated rings. The molecule has 4 heteroatoms. The number of hydrogen-bond donors (Lipinski definition) is 1. The van der Waals surface area contributed by atoms with E-state index in [1.54, 1.807) is 0 Å². The van der Waals surface area contributed by atoms with Crippen molar-refractivity contribution < 1.29 is 0 Å². The highest BCUT2D eigenvalue weighted by molar-refractivity contribution is 6.00. The third-order valence-electron chi connectivity index (χ3n) is 5.22. The second-order valence-corrected chi connectivity index (χ2v) is 7.13. The van der Waals surface area contributed by atoms with Crippen LogP contribution in [0, 0.1) is 0 Å². The molecule has 28 heavy (non-hydrogen) atoms. The number of amidine groups is 1. The Morgan fingerprint density at radius 1 is 0.857 bits per heavy atom. The van der Waals surface area contributed by atoms with E-state index in [2.05, 4.69) is 72.8 Å². The summed E-state index contributed by atoms with van der Waals surface area (Å²) >= 11 is 0. The molecule has 0 aromatic heterocycles. The molecular formula is C24H26N4. The number of hydrazone groups is 1. The van der Waals surface area contributed by atoms with Crippen LogP contribution in [0.3, 0.4) is 0 Å². The Morgan fingerprint density at radius 2 is 1.50 bits per heavy atom. The van der Waals surface area contributed by atoms with Crippen LogP contribution in [-0.2, 0) is 0 Å². The first-order chi connectivity index (χ1) is 13.7. The molecule has 142 valence electrons. The molecule has 4 rings (SSSR count). The van der Waals surface area contributed by atoms with Crippen molar-refractivity contribution in [2.45, 2.75) is 26.2 Å². The lowest BCUT2D eigenvalue weighted by molar-refractivity contribution is 0.677. The fourth-order valence-electron chi connectivity index (χ4n) is 3.29. The number of nitrogens with one attached hydrogen (secondary N) is 1. The molecule has 4 nitrogen and oxygen atoms in total. The zero-order chi connectivity index (χ0) is 19.3. The molecule has 1 aliphatic rings. The minimum absolute atomic E-state index is 0.575. The topological polar surface area (TPSA) is 30.9 Å². The van der Waals surface area contributed by atoms with Gasteiger partial charge in [0.25, 0.3) is 0 Å². The predicted molar refractivity (Wildman–Crippen MR) is 118 cm³/mol. The summed E-state index contributed by atoms with van der Waals surface area (Å²) < 4.78 is 0. The summed E-state index contributed by atoms with van der Waals surface area (Å²) in [6.45, 7) is 5.12. The minimum Gasteiger partial charge on any atom is -0.278 e. The van der Waals surface area contributed by atoms with E-state index in [-0.39, 0.29) is 0 Å². The second kappa shape index (κ2) is 8.17. The highest BCUT2D eigenvalue weighted by Crippen LogP contribution is 2.25. The predicted octanol–water partition coefficient (Wildman–Crippen LogP) is 5.35. The van der Waals surface area contributed by atoms with E-state index < -0.39 is 0 Å². The third-order valence-corrected chi connectivity index (χ3v) is 5.22. The monoisotopic (exact) mass is 370 g/mol. The molecule has 0 aliphatic carbocycles. The summed E-state index contributed by atoms with van der Waals surface area (Å²) in [6, 6.07) is 29.3. The molecule has 3 aromatic rings. The maximum absolute atomic E-state index is 4.85. The van der Waals surface area contributed by atoms with Crippen LogP contribution in [0.25, 0.3) is 0 Å². The molecule has 1 aliphatic heterocycles. The van der Waals surface area contributed by atoms with Gasteiger partial charge in [0.1, 0.15) is 6.67 Å². The average Bonchev–Trinajstić information content (AvgIpc) is 2.79. The van der Waals surface area contributed by atoms with Crippen molar-refractivity contribution in [1.82, 2.24) is 5.43 Å². The number of anilines is 2. The van der Waals surface area contributed by atoms with Crippen LogP contribution in [0.2, 0.25) is 0 Å². The van der Waals surface area contributed by atoms with E-state index in [0.717, 1.165) is 29.2 Å². The van der Waals surface area contributed by atoms with Crippen LogP contribution in [0.15, 0.2) is 90.0 Å². The van der Waals surface area contributed by atoms with Gasteiger partial charge in [-0.05, 0) is 42.2 Å². The zero-order valence-electron chi connectivity index (χ0n) is 16.4. The van der Waals surface area contributed by atoms with Gasteiger partial charge in [0.05, 0.1) is 11.4 Å². The number of hydrazine groups is 1. The molecule has 0 amide bonds. The van der Waals surface area contributed by atoms with Crippen LogP contribution in [0.5, 0.6) is 0 Å². The number of rotatable bonds is 5. The fourth-order valence-corrected chi connectivity index (χ4v) is 3.29. The molecule has 3 aromatic carbocycles. The highest BCUT2D eigenvalue weighted by atomic mass is 15.7. The van der Waals surface area contributed by atoms with Crippen molar-refractivity contribution in [3.05, 3.63) is 96.1 Å². The molecule has 0 saturated carbocycles. The Morgan fingerprint density at radius 3 is 2.14 bits per heavy atom. The maximum atomic E-state index is 4.85. The first kappa shape index (κ1) is 18.1. The maximum Gasteiger partial charge on any atom is 0.172 e. The minimum atomic E-state index is 0.575. The first-order valence-electron chi connectivity index (χ1n) is 9.85. The second-order valence-electron chi connectivity index (χ2n) is 7.13. The normalized spacial score (nSPS) is 15.0. The van der Waals surface area contributed by atoms with E-state index in [4.69, 9.17) is 5.10 Å². The van der Waals surface area contributed by atoms with Crippen LogP contribution >= 0.6 is 0 Å². The van der Waals surface area contributed by atoms with Crippen molar-refractivity contribution in [1.29, 1.82) is 0 Å². The van der Waals surface area contributed by atoms with Gasteiger partial charge < -0.3 is 0 Å². The Bertz CT molecular complexity index is 920. The van der Waals surface area contributed by atoms with E-state index in [1.165, 1.54) is 5.56 Å². The van der Waals surface area contributed by atoms with Crippen LogP contribution in [-0.4, -0.2) is 12.5 Å². The van der Waals surface area contributed by atoms with Gasteiger partial charge in [-0.15, -0.1) is 0 Å². The lowest BCUT2D eigenvalue weighted by Gasteiger charge is -2.36. The van der Waals surface area contributed by atoms with E-state index in [9.17, 15) is 0 Å². The summed E-state index contributed by atoms with van der Waals surface area (Å²) in [5.74, 6) is 1.41. The Balaban J connectivity index is 1.66. The standard InChI is InChI=1S/C24H26N4/c1-3-19(2)20-14-16-23(17-15-20)28-18-27(22-12-8-5-9-13-22)25-24(26-28)21-10-6-4-7-11-21/h4-17,19H,3,18H2,1-2H3,(H,25,26). The van der Waals surface area contributed by atoms with Crippen LogP contribution in [0.4, 0.5) is 11.4 Å². The average molecular weight is 371 g/mol. The van der Waals surface area contributed by atoms with E-state index in [0.29, 0.717) is 12.6 Å². The summed E-state index contributed by atoms with van der Waals surface area (Å²) in [7, 11) is 0. The van der Waals surface area contributed by atoms with Gasteiger partial charge in [0.2, 0.25) is 0 Å². The van der Waals surface area contributed by atoms with Gasteiger partial charge in [0.15, 0.2) is 5.84 Å². The fraction of sp³-hybridized carbons (Fsp3) is 0.208. The van der Waals surface area contributed by atoms with Crippen molar-refractivity contribution in [2.75, 3.05) is 16.7 Å². The molecular weight excluding hydrogens is 344 g/mol. The van der Waals surface area contributed by atoms with Gasteiger partial charge in [-0.1, -0.05) is 74.5 Å². The summed E-state index contributed by atoms with van der Waals surface area (Å²) in [6.07, 6.45) is 1.15. The Kier molecular flexibility index (Phi) is 5.29. The lowest BCUT2D eigenvalue weighted by atomic mass is 9.98. The van der Waals surface area contributed by atoms with E-state index >= 15 is 0 Å². The van der Waals surface area contributed by atoms with Gasteiger partial charge in [0, 0.05) is 5.56 Å². The van der Waals surface area contributed by atoms with Gasteiger partial charge >= 0.3 is 0 Å². The molecule has 1 heterocycles. The van der Waals surface area contributed by atoms with Crippen molar-refractivity contribution in [3.63, 3.8) is 0 Å². The lowest BCUT2D eigenvalue weighted by Crippen LogP contribution is -2.53. The van der Waals surface area contributed by atoms with E-state index in [1.807, 2.05) is 41.4 Å². The Labute approximate surface area is 167 Å². The van der Waals surface area contributed by atoms with Gasteiger partial charge in [-0.3, -0.25) is 10.4 Å². The number of benzene rings is 3. The van der Waals surface area contributed by atoms with Crippen LogP contribution in [0.1, 0.15) is 37.3 Å². The van der Waals surface area contributed by atoms with Crippen molar-refractivity contribution in [3.8, 4) is 0 Å². The largest absolute Gasteiger partial charge is 0.278 e. The number of hydrogen-bond acceptors (Lipinski definition) is 4. The molecule has 1 atom stereocenters. The molecule has 0 spiro atoms. The highest BCUT2D eigenvalue weighted by Gasteiger charge is 2.21. The van der Waals surface area contributed by atoms with Crippen molar-refractivity contribution in [2.24, 2.45) is 5.10 Å².